The number of piperidine rings is 1. The van der Waals surface area contributed by atoms with Gasteiger partial charge in [0.1, 0.15) is 23.6 Å². The van der Waals surface area contributed by atoms with Gasteiger partial charge in [0, 0.05) is 18.9 Å². The van der Waals surface area contributed by atoms with Crippen molar-refractivity contribution in [1.82, 2.24) is 21.3 Å². The molecule has 39 heavy (non-hydrogen) atoms. The summed E-state index contributed by atoms with van der Waals surface area (Å²) in [6, 6.07) is 7.00. The van der Waals surface area contributed by atoms with Crippen LogP contribution in [-0.2, 0) is 27.2 Å². The molecule has 3 amide bonds. The number of fused-ring (bicyclic) bond motifs is 5. The molecule has 0 saturated carbocycles. The van der Waals surface area contributed by atoms with Crippen molar-refractivity contribution in [1.29, 1.82) is 0 Å². The Hall–Kier alpha value is -3.67. The molecule has 10 N–H and O–H groups in total. The predicted molar refractivity (Wildman–Crippen MR) is 147 cm³/mol. The fraction of sp³-hybridized carbons (Fsp3) is 0.464. The van der Waals surface area contributed by atoms with Gasteiger partial charge >= 0.3 is 0 Å². The molecule has 210 valence electrons. The number of carbonyl (C=O) groups excluding carboxylic acids is 3. The zero-order valence-corrected chi connectivity index (χ0v) is 21.9. The number of phenols is 2. The van der Waals surface area contributed by atoms with Crippen LogP contribution in [0.15, 0.2) is 36.4 Å². The Balaban J connectivity index is 1.73. The van der Waals surface area contributed by atoms with E-state index in [1.165, 1.54) is 6.07 Å². The van der Waals surface area contributed by atoms with Gasteiger partial charge in [-0.2, -0.15) is 0 Å². The van der Waals surface area contributed by atoms with Crippen molar-refractivity contribution in [3.63, 3.8) is 0 Å². The smallest absolute Gasteiger partial charge is 0.243 e. The van der Waals surface area contributed by atoms with E-state index in [1.807, 2.05) is 0 Å². The predicted octanol–water partition coefficient (Wildman–Crippen LogP) is -0.233. The molecule has 0 unspecified atom stereocenters. The normalized spacial score (nSPS) is 22.7. The lowest BCUT2D eigenvalue weighted by Gasteiger charge is -2.28. The Bertz CT molecular complexity index is 1200. The molecule has 2 aromatic carbocycles. The molecule has 0 aliphatic carbocycles. The second-order valence-electron chi connectivity index (χ2n) is 10.3. The van der Waals surface area contributed by atoms with Crippen LogP contribution in [0.3, 0.4) is 0 Å². The average Bonchev–Trinajstić information content (AvgIpc) is 2.92. The molecular formula is C28H38N6O5. The zero-order valence-electron chi connectivity index (χ0n) is 21.9. The quantitative estimate of drug-likeness (QED) is 0.256. The van der Waals surface area contributed by atoms with Gasteiger partial charge in [0.15, 0.2) is 0 Å². The number of carbonyl (C=O) groups is 3. The fourth-order valence-corrected chi connectivity index (χ4v) is 5.03. The lowest BCUT2D eigenvalue weighted by Crippen LogP contribution is -2.57. The molecule has 1 fully saturated rings. The Morgan fingerprint density at radius 2 is 1.54 bits per heavy atom. The summed E-state index contributed by atoms with van der Waals surface area (Å²) in [5, 5.41) is 32.9. The number of nitrogens with one attached hydrogen (secondary N) is 4. The Labute approximate surface area is 227 Å². The van der Waals surface area contributed by atoms with Crippen molar-refractivity contribution in [3.8, 4) is 22.6 Å². The summed E-state index contributed by atoms with van der Waals surface area (Å²) >= 11 is 0. The Morgan fingerprint density at radius 3 is 2.15 bits per heavy atom. The van der Waals surface area contributed by atoms with Crippen LogP contribution in [0.1, 0.15) is 36.8 Å². The lowest BCUT2D eigenvalue weighted by atomic mass is 9.95. The van der Waals surface area contributed by atoms with Crippen LogP contribution in [-0.4, -0.2) is 71.7 Å². The lowest BCUT2D eigenvalue weighted by molar-refractivity contribution is -0.132. The van der Waals surface area contributed by atoms with E-state index in [-0.39, 0.29) is 42.7 Å². The fourth-order valence-electron chi connectivity index (χ4n) is 5.03. The first-order chi connectivity index (χ1) is 18.7. The van der Waals surface area contributed by atoms with Crippen LogP contribution < -0.4 is 32.7 Å². The number of nitrogens with two attached hydrogens (primary N) is 2. The van der Waals surface area contributed by atoms with E-state index in [0.717, 1.165) is 37.1 Å². The van der Waals surface area contributed by atoms with E-state index in [0.29, 0.717) is 24.1 Å². The van der Waals surface area contributed by atoms with Crippen molar-refractivity contribution >= 4 is 17.7 Å². The largest absolute Gasteiger partial charge is 0.508 e. The molecule has 3 atom stereocenters. The number of aromatic hydroxyl groups is 2. The molecule has 2 aromatic rings. The molecule has 1 saturated heterocycles. The third kappa shape index (κ3) is 7.25. The second kappa shape index (κ2) is 12.9. The van der Waals surface area contributed by atoms with Crippen LogP contribution in [0.25, 0.3) is 11.1 Å². The first kappa shape index (κ1) is 28.3. The van der Waals surface area contributed by atoms with Gasteiger partial charge < -0.3 is 42.9 Å². The molecule has 4 rings (SSSR count). The summed E-state index contributed by atoms with van der Waals surface area (Å²) < 4.78 is 0. The number of rotatable bonds is 5. The number of benzene rings is 2. The monoisotopic (exact) mass is 538 g/mol. The van der Waals surface area contributed by atoms with Gasteiger partial charge in [-0.1, -0.05) is 12.1 Å². The minimum Gasteiger partial charge on any atom is -0.508 e. The average molecular weight is 539 g/mol. The van der Waals surface area contributed by atoms with Gasteiger partial charge in [-0.15, -0.1) is 0 Å². The highest BCUT2D eigenvalue weighted by atomic mass is 16.3. The van der Waals surface area contributed by atoms with Crippen molar-refractivity contribution in [2.75, 3.05) is 19.6 Å². The minimum atomic E-state index is -1.03. The molecule has 0 aromatic heterocycles. The van der Waals surface area contributed by atoms with Crippen LogP contribution in [0, 0.1) is 0 Å². The van der Waals surface area contributed by atoms with Crippen LogP contribution in [0.5, 0.6) is 11.5 Å². The molecule has 0 spiro atoms. The standard InChI is InChI=1S/C28H38N6O5/c29-9-1-2-22-27(38)34-23(28(39)32-20-7-10-31-11-8-20)15-19-13-17(4-6-25(19)36)16-3-5-24(35)18(12-16)14-21(30)26(37)33-22/h3-6,12-13,20-23,31,35-36H,1-2,7-11,14-15,29-30H2,(H,32,39)(H,33,37)(H,34,38)/t21-,22+,23+/m1/s1. The molecule has 2 heterocycles. The number of hydrogen-bond acceptors (Lipinski definition) is 8. The molecular weight excluding hydrogens is 500 g/mol. The van der Waals surface area contributed by atoms with Crippen molar-refractivity contribution in [3.05, 3.63) is 47.5 Å². The van der Waals surface area contributed by atoms with Crippen LogP contribution in [0.4, 0.5) is 0 Å². The van der Waals surface area contributed by atoms with E-state index in [2.05, 4.69) is 21.3 Å². The molecule has 0 radical (unpaired) electrons. The minimum absolute atomic E-state index is 0.00242. The molecule has 2 aliphatic heterocycles. The third-order valence-electron chi connectivity index (χ3n) is 7.34. The van der Waals surface area contributed by atoms with Gasteiger partial charge in [0.25, 0.3) is 0 Å². The highest BCUT2D eigenvalue weighted by Crippen LogP contribution is 2.31. The molecule has 4 bridgehead atoms. The summed E-state index contributed by atoms with van der Waals surface area (Å²) in [6.07, 6.45) is 2.33. The number of amides is 3. The van der Waals surface area contributed by atoms with E-state index in [1.54, 1.807) is 30.3 Å². The highest BCUT2D eigenvalue weighted by Gasteiger charge is 2.30. The zero-order chi connectivity index (χ0) is 27.9. The third-order valence-corrected chi connectivity index (χ3v) is 7.34. The SMILES string of the molecule is NCCC[C@@H]1NC(=O)[C@H](N)Cc2cc(ccc2O)-c2ccc(O)c(c2)C[C@@H](C(=O)NC2CCNCC2)NC1=O. The highest BCUT2D eigenvalue weighted by molar-refractivity contribution is 5.93. The Kier molecular flexibility index (Phi) is 9.39. The van der Waals surface area contributed by atoms with Gasteiger partial charge in [-0.05, 0) is 91.8 Å². The topological polar surface area (TPSA) is 192 Å². The van der Waals surface area contributed by atoms with Gasteiger partial charge in [0.2, 0.25) is 17.7 Å². The van der Waals surface area contributed by atoms with E-state index < -0.39 is 29.9 Å². The Morgan fingerprint density at radius 1 is 0.923 bits per heavy atom. The van der Waals surface area contributed by atoms with E-state index >= 15 is 0 Å². The summed E-state index contributed by atoms with van der Waals surface area (Å²) in [6.45, 7) is 1.88. The second-order valence-corrected chi connectivity index (χ2v) is 10.3. The maximum absolute atomic E-state index is 13.4. The van der Waals surface area contributed by atoms with Crippen molar-refractivity contribution in [2.45, 2.75) is 62.7 Å². The molecule has 11 nitrogen and oxygen atoms in total. The summed E-state index contributed by atoms with van der Waals surface area (Å²) in [5.41, 5.74) is 14.3. The number of hydrogen-bond donors (Lipinski definition) is 8. The summed E-state index contributed by atoms with van der Waals surface area (Å²) in [5.74, 6) is -1.47. The number of phenolic OH excluding ortho intramolecular Hbond substituents is 2. The first-order valence-corrected chi connectivity index (χ1v) is 13.5. The van der Waals surface area contributed by atoms with Crippen molar-refractivity contribution in [2.24, 2.45) is 11.5 Å². The van der Waals surface area contributed by atoms with E-state index in [4.69, 9.17) is 11.5 Å². The molecule has 2 aliphatic rings. The van der Waals surface area contributed by atoms with Gasteiger partial charge in [-0.25, -0.2) is 0 Å². The van der Waals surface area contributed by atoms with E-state index in [9.17, 15) is 24.6 Å². The van der Waals surface area contributed by atoms with Crippen LogP contribution >= 0.6 is 0 Å². The van der Waals surface area contributed by atoms with Gasteiger partial charge in [-0.3, -0.25) is 14.4 Å². The van der Waals surface area contributed by atoms with Crippen LogP contribution in [0.2, 0.25) is 0 Å². The molecule has 11 heteroatoms. The summed E-state index contributed by atoms with van der Waals surface area (Å²) in [4.78, 5) is 39.9. The first-order valence-electron chi connectivity index (χ1n) is 13.5. The maximum Gasteiger partial charge on any atom is 0.243 e. The van der Waals surface area contributed by atoms with Gasteiger partial charge in [0.05, 0.1) is 6.04 Å². The maximum atomic E-state index is 13.4. The van der Waals surface area contributed by atoms with Crippen molar-refractivity contribution < 1.29 is 24.6 Å². The summed E-state index contributed by atoms with van der Waals surface area (Å²) in [7, 11) is 0.